The van der Waals surface area contributed by atoms with E-state index in [0.29, 0.717) is 24.6 Å². The van der Waals surface area contributed by atoms with E-state index in [1.165, 1.54) is 6.07 Å². The maximum atomic E-state index is 12.3. The van der Waals surface area contributed by atoms with Gasteiger partial charge in [-0.1, -0.05) is 18.2 Å². The lowest BCUT2D eigenvalue weighted by Crippen LogP contribution is -2.32. The van der Waals surface area contributed by atoms with Crippen LogP contribution in [0.2, 0.25) is 0 Å². The second-order valence-electron chi connectivity index (χ2n) is 5.93. The highest BCUT2D eigenvalue weighted by Gasteiger charge is 2.43. The smallest absolute Gasteiger partial charge is 0.273 e. The number of aliphatic hydroxyl groups excluding tert-OH is 1. The number of carbonyl (C=O) groups is 1. The van der Waals surface area contributed by atoms with Gasteiger partial charge in [0.25, 0.3) is 5.69 Å². The van der Waals surface area contributed by atoms with E-state index in [2.05, 4.69) is 0 Å². The van der Waals surface area contributed by atoms with Gasteiger partial charge in [-0.05, 0) is 18.8 Å². The summed E-state index contributed by atoms with van der Waals surface area (Å²) in [6, 6.07) is 6.35. The summed E-state index contributed by atoms with van der Waals surface area (Å²) in [5, 5.41) is 20.9. The van der Waals surface area contributed by atoms with E-state index in [1.807, 2.05) is 0 Å². The van der Waals surface area contributed by atoms with Gasteiger partial charge in [0.2, 0.25) is 5.91 Å². The Balaban J connectivity index is 1.69. The molecule has 6 heteroatoms. The van der Waals surface area contributed by atoms with Gasteiger partial charge in [-0.25, -0.2) is 0 Å². The third-order valence-corrected chi connectivity index (χ3v) is 4.70. The molecule has 1 saturated carbocycles. The van der Waals surface area contributed by atoms with Crippen LogP contribution in [0.1, 0.15) is 18.4 Å². The van der Waals surface area contributed by atoms with Gasteiger partial charge >= 0.3 is 0 Å². The molecule has 0 radical (unpaired) electrons. The minimum atomic E-state index is -0.453. The Labute approximate surface area is 122 Å². The van der Waals surface area contributed by atoms with Crippen LogP contribution in [0, 0.1) is 22.0 Å². The van der Waals surface area contributed by atoms with Crippen molar-refractivity contribution in [3.8, 4) is 0 Å². The molecule has 0 bridgehead atoms. The van der Waals surface area contributed by atoms with Crippen molar-refractivity contribution in [3.63, 3.8) is 0 Å². The lowest BCUT2D eigenvalue weighted by atomic mass is 10.00. The maximum absolute atomic E-state index is 12.3. The van der Waals surface area contributed by atoms with Crippen LogP contribution in [0.5, 0.6) is 0 Å². The van der Waals surface area contributed by atoms with Crippen LogP contribution in [0.25, 0.3) is 0 Å². The first-order chi connectivity index (χ1) is 10.1. The number of fused-ring (bicyclic) bond motifs is 1. The third kappa shape index (κ3) is 2.63. The topological polar surface area (TPSA) is 83.7 Å². The highest BCUT2D eigenvalue weighted by atomic mass is 16.6. The first-order valence-electron chi connectivity index (χ1n) is 7.24. The Kier molecular flexibility index (Phi) is 3.63. The van der Waals surface area contributed by atoms with Crippen LogP contribution in [0.4, 0.5) is 5.69 Å². The van der Waals surface area contributed by atoms with Crippen molar-refractivity contribution in [2.75, 3.05) is 13.1 Å². The Morgan fingerprint density at radius 3 is 2.81 bits per heavy atom. The molecule has 0 spiro atoms. The minimum Gasteiger partial charge on any atom is -0.393 e. The van der Waals surface area contributed by atoms with E-state index in [-0.39, 0.29) is 30.0 Å². The summed E-state index contributed by atoms with van der Waals surface area (Å²) in [6.45, 7) is 1.24. The zero-order valence-electron chi connectivity index (χ0n) is 11.6. The van der Waals surface area contributed by atoms with Gasteiger partial charge in [0.15, 0.2) is 0 Å². The highest BCUT2D eigenvalue weighted by molar-refractivity contribution is 5.80. The van der Waals surface area contributed by atoms with Gasteiger partial charge in [0.1, 0.15) is 0 Å². The van der Waals surface area contributed by atoms with Crippen molar-refractivity contribution in [1.29, 1.82) is 0 Å². The van der Waals surface area contributed by atoms with E-state index >= 15 is 0 Å². The summed E-state index contributed by atoms with van der Waals surface area (Å²) in [4.78, 5) is 24.6. The molecule has 3 atom stereocenters. The van der Waals surface area contributed by atoms with Crippen LogP contribution >= 0.6 is 0 Å². The number of benzene rings is 1. The normalized spacial score (nSPS) is 27.7. The number of para-hydroxylation sites is 1. The van der Waals surface area contributed by atoms with Crippen LogP contribution in [-0.4, -0.2) is 40.0 Å². The Morgan fingerprint density at radius 2 is 2.10 bits per heavy atom. The lowest BCUT2D eigenvalue weighted by molar-refractivity contribution is -0.385. The number of aliphatic hydroxyl groups is 1. The SMILES string of the molecule is O=C(Cc1ccccc1[N+](=O)[O-])N1CC2CCC(O)C2C1. The fourth-order valence-corrected chi connectivity index (χ4v) is 3.55. The summed E-state index contributed by atoms with van der Waals surface area (Å²) in [6.07, 6.45) is 1.52. The highest BCUT2D eigenvalue weighted by Crippen LogP contribution is 2.38. The number of hydrogen-bond donors (Lipinski definition) is 1. The molecule has 112 valence electrons. The molecule has 3 rings (SSSR count). The van der Waals surface area contributed by atoms with E-state index in [1.54, 1.807) is 23.1 Å². The molecule has 0 aromatic heterocycles. The Hall–Kier alpha value is -1.95. The number of rotatable bonds is 3. The second-order valence-corrected chi connectivity index (χ2v) is 5.93. The van der Waals surface area contributed by atoms with Crippen molar-refractivity contribution >= 4 is 11.6 Å². The average Bonchev–Trinajstić information content (AvgIpc) is 3.02. The number of nitrogens with zero attached hydrogens (tertiary/aromatic N) is 2. The first kappa shape index (κ1) is 14.0. The molecule has 2 fully saturated rings. The van der Waals surface area contributed by atoms with E-state index in [0.717, 1.165) is 12.8 Å². The second kappa shape index (κ2) is 5.44. The van der Waals surface area contributed by atoms with Gasteiger partial charge in [0.05, 0.1) is 17.4 Å². The number of amides is 1. The number of carbonyl (C=O) groups excluding carboxylic acids is 1. The Morgan fingerprint density at radius 1 is 1.33 bits per heavy atom. The molecule has 1 aromatic carbocycles. The summed E-state index contributed by atoms with van der Waals surface area (Å²) >= 11 is 0. The molecular weight excluding hydrogens is 272 g/mol. The zero-order valence-corrected chi connectivity index (χ0v) is 11.6. The largest absolute Gasteiger partial charge is 0.393 e. The number of nitro benzene ring substituents is 1. The Bertz CT molecular complexity index is 575. The fourth-order valence-electron chi connectivity index (χ4n) is 3.55. The van der Waals surface area contributed by atoms with Crippen LogP contribution < -0.4 is 0 Å². The predicted molar refractivity (Wildman–Crippen MR) is 75.6 cm³/mol. The molecule has 1 saturated heterocycles. The van der Waals surface area contributed by atoms with Gasteiger partial charge < -0.3 is 10.0 Å². The van der Waals surface area contributed by atoms with Crippen LogP contribution in [0.3, 0.4) is 0 Å². The molecule has 3 unspecified atom stereocenters. The maximum Gasteiger partial charge on any atom is 0.273 e. The summed E-state index contributed by atoms with van der Waals surface area (Å²) in [5.41, 5.74) is 0.440. The molecule has 1 aliphatic carbocycles. The van der Waals surface area contributed by atoms with Crippen molar-refractivity contribution in [1.82, 2.24) is 4.90 Å². The predicted octanol–water partition coefficient (Wildman–Crippen LogP) is 1.37. The number of likely N-dealkylation sites (tertiary alicyclic amines) is 1. The average molecular weight is 290 g/mol. The molecule has 1 heterocycles. The first-order valence-corrected chi connectivity index (χ1v) is 7.24. The summed E-state index contributed by atoms with van der Waals surface area (Å²) < 4.78 is 0. The molecule has 1 amide bonds. The lowest BCUT2D eigenvalue weighted by Gasteiger charge is -2.18. The summed E-state index contributed by atoms with van der Waals surface area (Å²) in [5.74, 6) is 0.473. The van der Waals surface area contributed by atoms with Crippen molar-refractivity contribution < 1.29 is 14.8 Å². The van der Waals surface area contributed by atoms with Crippen LogP contribution in [-0.2, 0) is 11.2 Å². The summed E-state index contributed by atoms with van der Waals surface area (Å²) in [7, 11) is 0. The molecular formula is C15H18N2O4. The quantitative estimate of drug-likeness (QED) is 0.673. The standard InChI is InChI=1S/C15H18N2O4/c18-14-6-5-11-8-16(9-12(11)14)15(19)7-10-3-1-2-4-13(10)17(20)21/h1-4,11-12,14,18H,5-9H2. The van der Waals surface area contributed by atoms with Crippen molar-refractivity contribution in [3.05, 3.63) is 39.9 Å². The van der Waals surface area contributed by atoms with E-state index in [4.69, 9.17) is 0 Å². The van der Waals surface area contributed by atoms with Gasteiger partial charge in [-0.15, -0.1) is 0 Å². The molecule has 1 N–H and O–H groups in total. The third-order valence-electron chi connectivity index (χ3n) is 4.70. The van der Waals surface area contributed by atoms with E-state index in [9.17, 15) is 20.0 Å². The monoisotopic (exact) mass is 290 g/mol. The van der Waals surface area contributed by atoms with Crippen molar-refractivity contribution in [2.45, 2.75) is 25.4 Å². The zero-order chi connectivity index (χ0) is 15.0. The van der Waals surface area contributed by atoms with Gasteiger partial charge in [0, 0.05) is 30.6 Å². The molecule has 1 aromatic rings. The number of nitro groups is 1. The fraction of sp³-hybridized carbons (Fsp3) is 0.533. The van der Waals surface area contributed by atoms with Gasteiger partial charge in [-0.3, -0.25) is 14.9 Å². The van der Waals surface area contributed by atoms with E-state index < -0.39 is 4.92 Å². The van der Waals surface area contributed by atoms with Gasteiger partial charge in [-0.2, -0.15) is 0 Å². The molecule has 21 heavy (non-hydrogen) atoms. The molecule has 6 nitrogen and oxygen atoms in total. The molecule has 2 aliphatic rings. The van der Waals surface area contributed by atoms with Crippen LogP contribution in [0.15, 0.2) is 24.3 Å². The van der Waals surface area contributed by atoms with Crippen molar-refractivity contribution in [2.24, 2.45) is 11.8 Å². The molecule has 1 aliphatic heterocycles. The minimum absolute atomic E-state index is 0.00900. The number of hydrogen-bond acceptors (Lipinski definition) is 4.